The van der Waals surface area contributed by atoms with Crippen molar-refractivity contribution in [1.29, 1.82) is 0 Å². The Morgan fingerprint density at radius 3 is 2.67 bits per heavy atom. The molecule has 2 rings (SSSR count). The third-order valence-electron chi connectivity index (χ3n) is 2.91. The molecule has 0 fully saturated rings. The van der Waals surface area contributed by atoms with Crippen molar-refractivity contribution in [3.63, 3.8) is 0 Å². The summed E-state index contributed by atoms with van der Waals surface area (Å²) in [6.07, 6.45) is 2.99. The molecular weight excluding hydrogens is 272 g/mol. The van der Waals surface area contributed by atoms with E-state index in [4.69, 9.17) is 5.11 Å². The minimum Gasteiger partial charge on any atom is -0.506 e. The van der Waals surface area contributed by atoms with Crippen molar-refractivity contribution in [2.24, 2.45) is 0 Å². The lowest BCUT2D eigenvalue weighted by molar-refractivity contribution is 0.0695. The summed E-state index contributed by atoms with van der Waals surface area (Å²) < 4.78 is 0. The smallest absolute Gasteiger partial charge is 0.335 e. The third kappa shape index (κ3) is 3.79. The van der Waals surface area contributed by atoms with Gasteiger partial charge in [-0.25, -0.2) is 4.79 Å². The average Bonchev–Trinajstić information content (AvgIpc) is 2.47. The number of amides is 1. The van der Waals surface area contributed by atoms with Gasteiger partial charge < -0.3 is 15.5 Å². The second-order valence-corrected chi connectivity index (χ2v) is 4.40. The second kappa shape index (κ2) is 6.51. The highest BCUT2D eigenvalue weighted by molar-refractivity contribution is 5.94. The number of nitrogens with zero attached hydrogens (tertiary/aromatic N) is 1. The number of aromatic hydroxyl groups is 1. The summed E-state index contributed by atoms with van der Waals surface area (Å²) in [5.41, 5.74) is 1.13. The van der Waals surface area contributed by atoms with Crippen LogP contribution in [-0.2, 0) is 6.42 Å². The fourth-order valence-electron chi connectivity index (χ4n) is 1.91. The molecule has 1 aromatic heterocycles. The van der Waals surface area contributed by atoms with Gasteiger partial charge in [-0.2, -0.15) is 0 Å². The number of carbonyl (C=O) groups excluding carboxylic acids is 1. The topological polar surface area (TPSA) is 99.5 Å². The molecule has 3 N–H and O–H groups in total. The molecule has 0 aliphatic carbocycles. The van der Waals surface area contributed by atoms with Crippen LogP contribution in [0.4, 0.5) is 0 Å². The largest absolute Gasteiger partial charge is 0.506 e. The van der Waals surface area contributed by atoms with Crippen molar-refractivity contribution in [1.82, 2.24) is 10.3 Å². The summed E-state index contributed by atoms with van der Waals surface area (Å²) in [7, 11) is 0. The molecular formula is C15H14N2O4. The number of aromatic nitrogens is 1. The molecule has 0 saturated carbocycles. The summed E-state index contributed by atoms with van der Waals surface area (Å²) in [4.78, 5) is 26.6. The number of carbonyl (C=O) groups is 2. The standard InChI is InChI=1S/C15H14N2O4/c18-12-7-11(8-16-9-12)14(19)17-6-5-10-3-1-2-4-13(10)15(20)21/h1-4,7-9,18H,5-6H2,(H,17,19)(H,20,21). The van der Waals surface area contributed by atoms with Crippen LogP contribution in [0.25, 0.3) is 0 Å². The van der Waals surface area contributed by atoms with Crippen molar-refractivity contribution in [2.45, 2.75) is 6.42 Å². The van der Waals surface area contributed by atoms with Gasteiger partial charge in [-0.3, -0.25) is 9.78 Å². The normalized spacial score (nSPS) is 10.1. The Balaban J connectivity index is 1.96. The van der Waals surface area contributed by atoms with Gasteiger partial charge in [-0.1, -0.05) is 18.2 Å². The van der Waals surface area contributed by atoms with Crippen LogP contribution in [0.15, 0.2) is 42.7 Å². The zero-order valence-electron chi connectivity index (χ0n) is 11.1. The fraction of sp³-hybridized carbons (Fsp3) is 0.133. The molecule has 1 aromatic carbocycles. The first-order valence-corrected chi connectivity index (χ1v) is 6.31. The van der Waals surface area contributed by atoms with Crippen molar-refractivity contribution in [3.05, 3.63) is 59.4 Å². The van der Waals surface area contributed by atoms with Crippen LogP contribution < -0.4 is 5.32 Å². The molecule has 0 radical (unpaired) electrons. The molecule has 6 nitrogen and oxygen atoms in total. The van der Waals surface area contributed by atoms with Crippen molar-refractivity contribution < 1.29 is 19.8 Å². The average molecular weight is 286 g/mol. The zero-order chi connectivity index (χ0) is 15.2. The predicted octanol–water partition coefficient (Wildman–Crippen LogP) is 1.46. The lowest BCUT2D eigenvalue weighted by Crippen LogP contribution is -2.26. The van der Waals surface area contributed by atoms with Gasteiger partial charge in [0, 0.05) is 12.7 Å². The van der Waals surface area contributed by atoms with E-state index >= 15 is 0 Å². The van der Waals surface area contributed by atoms with Crippen LogP contribution in [0.3, 0.4) is 0 Å². The van der Waals surface area contributed by atoms with E-state index in [1.807, 2.05) is 0 Å². The highest BCUT2D eigenvalue weighted by atomic mass is 16.4. The number of carboxylic acids is 1. The van der Waals surface area contributed by atoms with E-state index in [9.17, 15) is 14.7 Å². The molecule has 6 heteroatoms. The Kier molecular flexibility index (Phi) is 4.50. The molecule has 0 spiro atoms. The minimum atomic E-state index is -0.992. The van der Waals surface area contributed by atoms with Crippen molar-refractivity contribution >= 4 is 11.9 Å². The Hall–Kier alpha value is -2.89. The van der Waals surface area contributed by atoms with Crippen LogP contribution in [0, 0.1) is 0 Å². The van der Waals surface area contributed by atoms with Crippen LogP contribution in [0.5, 0.6) is 5.75 Å². The van der Waals surface area contributed by atoms with Gasteiger partial charge in [0.15, 0.2) is 0 Å². The molecule has 1 heterocycles. The molecule has 0 unspecified atom stereocenters. The van der Waals surface area contributed by atoms with Gasteiger partial charge in [0.1, 0.15) is 5.75 Å². The van der Waals surface area contributed by atoms with Crippen LogP contribution in [0.2, 0.25) is 0 Å². The number of nitrogens with one attached hydrogen (secondary N) is 1. The summed E-state index contributed by atoms with van der Waals surface area (Å²) in [5, 5.41) is 21.0. The highest BCUT2D eigenvalue weighted by Crippen LogP contribution is 2.10. The SMILES string of the molecule is O=C(NCCc1ccccc1C(=O)O)c1cncc(O)c1. The fourth-order valence-corrected chi connectivity index (χ4v) is 1.91. The summed E-state index contributed by atoms with van der Waals surface area (Å²) in [6, 6.07) is 7.96. The molecule has 0 bridgehead atoms. The van der Waals surface area contributed by atoms with E-state index in [2.05, 4.69) is 10.3 Å². The number of pyridine rings is 1. The quantitative estimate of drug-likeness (QED) is 0.772. The van der Waals surface area contributed by atoms with E-state index in [0.29, 0.717) is 18.5 Å². The Bertz CT molecular complexity index is 670. The maximum Gasteiger partial charge on any atom is 0.335 e. The molecule has 0 aliphatic rings. The van der Waals surface area contributed by atoms with Gasteiger partial charge in [-0.15, -0.1) is 0 Å². The molecule has 2 aromatic rings. The van der Waals surface area contributed by atoms with Gasteiger partial charge in [-0.05, 0) is 24.1 Å². The predicted molar refractivity (Wildman–Crippen MR) is 75.3 cm³/mol. The number of carboxylic acid groups (broad SMARTS) is 1. The van der Waals surface area contributed by atoms with Gasteiger partial charge >= 0.3 is 5.97 Å². The lowest BCUT2D eigenvalue weighted by atomic mass is 10.0. The van der Waals surface area contributed by atoms with Crippen molar-refractivity contribution in [3.8, 4) is 5.75 Å². The molecule has 0 aliphatic heterocycles. The number of hydrogen-bond acceptors (Lipinski definition) is 4. The first-order valence-electron chi connectivity index (χ1n) is 6.31. The van der Waals surface area contributed by atoms with E-state index in [-0.39, 0.29) is 22.8 Å². The third-order valence-corrected chi connectivity index (χ3v) is 2.91. The minimum absolute atomic E-state index is 0.0844. The Morgan fingerprint density at radius 1 is 1.19 bits per heavy atom. The Labute approximate surface area is 121 Å². The van der Waals surface area contributed by atoms with Crippen LogP contribution in [-0.4, -0.2) is 33.6 Å². The molecule has 0 atom stereocenters. The number of aromatic carboxylic acids is 1. The number of hydrogen-bond donors (Lipinski definition) is 3. The summed E-state index contributed by atoms with van der Waals surface area (Å²) >= 11 is 0. The van der Waals surface area contributed by atoms with Crippen LogP contribution in [0.1, 0.15) is 26.3 Å². The molecule has 1 amide bonds. The highest BCUT2D eigenvalue weighted by Gasteiger charge is 2.10. The summed E-state index contributed by atoms with van der Waals surface area (Å²) in [6.45, 7) is 0.290. The van der Waals surface area contributed by atoms with E-state index in [1.165, 1.54) is 24.5 Å². The Morgan fingerprint density at radius 2 is 1.95 bits per heavy atom. The second-order valence-electron chi connectivity index (χ2n) is 4.40. The van der Waals surface area contributed by atoms with E-state index in [0.717, 1.165) is 0 Å². The summed E-state index contributed by atoms with van der Waals surface area (Å²) in [5.74, 6) is -1.45. The monoisotopic (exact) mass is 286 g/mol. The maximum atomic E-state index is 11.8. The number of rotatable bonds is 5. The lowest BCUT2D eigenvalue weighted by Gasteiger charge is -2.07. The van der Waals surface area contributed by atoms with E-state index in [1.54, 1.807) is 18.2 Å². The first kappa shape index (κ1) is 14.5. The van der Waals surface area contributed by atoms with Gasteiger partial charge in [0.25, 0.3) is 5.91 Å². The first-order chi connectivity index (χ1) is 10.1. The van der Waals surface area contributed by atoms with Crippen molar-refractivity contribution in [2.75, 3.05) is 6.54 Å². The molecule has 108 valence electrons. The van der Waals surface area contributed by atoms with Gasteiger partial charge in [0.2, 0.25) is 0 Å². The number of benzene rings is 1. The van der Waals surface area contributed by atoms with Gasteiger partial charge in [0.05, 0.1) is 17.3 Å². The molecule has 21 heavy (non-hydrogen) atoms. The van der Waals surface area contributed by atoms with Crippen LogP contribution >= 0.6 is 0 Å². The molecule has 0 saturated heterocycles. The zero-order valence-corrected chi connectivity index (χ0v) is 11.1. The maximum absolute atomic E-state index is 11.8. The van der Waals surface area contributed by atoms with E-state index < -0.39 is 5.97 Å².